The zero-order valence-corrected chi connectivity index (χ0v) is 38.0. The van der Waals surface area contributed by atoms with Crippen molar-refractivity contribution in [1.29, 1.82) is 0 Å². The van der Waals surface area contributed by atoms with Gasteiger partial charge in [0.15, 0.2) is 0 Å². The fourth-order valence-electron chi connectivity index (χ4n) is 8.10. The van der Waals surface area contributed by atoms with E-state index in [1.807, 2.05) is 0 Å². The number of aliphatic hydroxyl groups excluding tert-OH is 1. The predicted octanol–water partition coefficient (Wildman–Crippen LogP) is 17.1. The maximum atomic E-state index is 12.2. The van der Waals surface area contributed by atoms with Crippen LogP contribution in [0.5, 0.6) is 0 Å². The van der Waals surface area contributed by atoms with Gasteiger partial charge in [0.1, 0.15) is 6.10 Å². The summed E-state index contributed by atoms with van der Waals surface area (Å²) < 4.78 is 11.2. The lowest BCUT2D eigenvalue weighted by Crippen LogP contribution is -2.27. The second-order valence-corrected chi connectivity index (χ2v) is 17.6. The molecule has 330 valence electrons. The molecule has 0 aromatic rings. The number of carbonyl (C=O) groups is 1. The van der Waals surface area contributed by atoms with Crippen molar-refractivity contribution in [2.45, 2.75) is 302 Å². The van der Waals surface area contributed by atoms with Gasteiger partial charge in [0.2, 0.25) is 0 Å². The largest absolute Gasteiger partial charge is 0.457 e. The van der Waals surface area contributed by atoms with Gasteiger partial charge in [0.05, 0.1) is 13.2 Å². The van der Waals surface area contributed by atoms with Gasteiger partial charge in [-0.2, -0.15) is 0 Å². The van der Waals surface area contributed by atoms with Crippen molar-refractivity contribution in [2.75, 3.05) is 19.8 Å². The van der Waals surface area contributed by atoms with Crippen LogP contribution in [-0.2, 0) is 14.3 Å². The lowest BCUT2D eigenvalue weighted by Gasteiger charge is -2.16. The van der Waals surface area contributed by atoms with E-state index in [1.165, 1.54) is 257 Å². The highest BCUT2D eigenvalue weighted by molar-refractivity contribution is 5.69. The number of aliphatic hydroxyl groups is 1. The van der Waals surface area contributed by atoms with Crippen molar-refractivity contribution in [2.24, 2.45) is 0 Å². The molecule has 0 aliphatic heterocycles. The van der Waals surface area contributed by atoms with E-state index in [2.05, 4.69) is 13.8 Å². The zero-order valence-electron chi connectivity index (χ0n) is 38.0. The Morgan fingerprint density at radius 2 is 0.600 bits per heavy atom. The van der Waals surface area contributed by atoms with Crippen molar-refractivity contribution < 1.29 is 19.4 Å². The molecule has 55 heavy (non-hydrogen) atoms. The minimum absolute atomic E-state index is 0.162. The Morgan fingerprint density at radius 1 is 0.364 bits per heavy atom. The van der Waals surface area contributed by atoms with Crippen LogP contribution in [0.3, 0.4) is 0 Å². The van der Waals surface area contributed by atoms with Crippen molar-refractivity contribution >= 4 is 5.97 Å². The number of hydrogen-bond acceptors (Lipinski definition) is 4. The topological polar surface area (TPSA) is 55.8 Å². The third kappa shape index (κ3) is 47.7. The van der Waals surface area contributed by atoms with Gasteiger partial charge < -0.3 is 14.6 Å². The van der Waals surface area contributed by atoms with E-state index in [4.69, 9.17) is 9.47 Å². The van der Waals surface area contributed by atoms with E-state index in [0.717, 1.165) is 19.3 Å². The summed E-state index contributed by atoms with van der Waals surface area (Å²) in [6.45, 7) is 5.42. The van der Waals surface area contributed by atoms with Gasteiger partial charge in [-0.3, -0.25) is 4.79 Å². The second kappa shape index (κ2) is 49.5. The number of hydrogen-bond donors (Lipinski definition) is 1. The Balaban J connectivity index is 3.31. The number of carbonyl (C=O) groups excluding carboxylic acids is 1. The molecule has 1 N–H and O–H groups in total. The number of esters is 1. The second-order valence-electron chi connectivity index (χ2n) is 17.6. The molecule has 0 heterocycles. The molecule has 4 heteroatoms. The maximum Gasteiger partial charge on any atom is 0.306 e. The van der Waals surface area contributed by atoms with Gasteiger partial charge in [-0.05, 0) is 12.8 Å². The summed E-state index contributed by atoms with van der Waals surface area (Å²) in [7, 11) is 0. The normalized spacial score (nSPS) is 12.1. The summed E-state index contributed by atoms with van der Waals surface area (Å²) >= 11 is 0. The van der Waals surface area contributed by atoms with Gasteiger partial charge in [-0.1, -0.05) is 277 Å². The quantitative estimate of drug-likeness (QED) is 0.0494. The molecular formula is C51H102O4. The molecule has 0 saturated carbocycles. The monoisotopic (exact) mass is 779 g/mol. The summed E-state index contributed by atoms with van der Waals surface area (Å²) in [5, 5.41) is 9.64. The molecular weight excluding hydrogens is 677 g/mol. The van der Waals surface area contributed by atoms with E-state index >= 15 is 0 Å². The minimum Gasteiger partial charge on any atom is -0.457 e. The van der Waals surface area contributed by atoms with Crippen LogP contribution in [0.2, 0.25) is 0 Å². The average molecular weight is 779 g/mol. The molecule has 0 saturated heterocycles. The van der Waals surface area contributed by atoms with Crippen molar-refractivity contribution in [3.05, 3.63) is 0 Å². The van der Waals surface area contributed by atoms with Crippen LogP contribution >= 0.6 is 0 Å². The third-order valence-electron chi connectivity index (χ3n) is 11.9. The number of ether oxygens (including phenoxy) is 2. The first kappa shape index (κ1) is 54.4. The molecule has 0 bridgehead atoms. The average Bonchev–Trinajstić information content (AvgIpc) is 3.19. The van der Waals surface area contributed by atoms with Crippen LogP contribution in [0.4, 0.5) is 0 Å². The van der Waals surface area contributed by atoms with Crippen molar-refractivity contribution in [1.82, 2.24) is 0 Å². The molecule has 0 aromatic carbocycles. The molecule has 0 aliphatic rings. The summed E-state index contributed by atoms with van der Waals surface area (Å²) in [4.78, 5) is 12.2. The third-order valence-corrected chi connectivity index (χ3v) is 11.9. The highest BCUT2D eigenvalue weighted by Gasteiger charge is 2.13. The molecule has 1 unspecified atom stereocenters. The highest BCUT2D eigenvalue weighted by Crippen LogP contribution is 2.17. The first-order valence-corrected chi connectivity index (χ1v) is 25.6. The predicted molar refractivity (Wildman–Crippen MR) is 242 cm³/mol. The lowest BCUT2D eigenvalue weighted by molar-refractivity contribution is -0.154. The van der Waals surface area contributed by atoms with E-state index in [-0.39, 0.29) is 12.6 Å². The maximum absolute atomic E-state index is 12.2. The standard InChI is InChI=1S/C51H102O4/c1-3-5-7-9-11-13-15-17-19-21-22-23-24-25-26-27-28-29-31-33-35-37-39-41-43-45-47-54-49-50(48-52)55-51(53)46-44-42-40-38-36-34-32-30-20-18-16-14-12-10-8-6-4-2/h50,52H,3-49H2,1-2H3. The smallest absolute Gasteiger partial charge is 0.306 e. The Hall–Kier alpha value is -0.610. The minimum atomic E-state index is -0.526. The molecule has 0 rings (SSSR count). The number of rotatable bonds is 49. The Morgan fingerprint density at radius 3 is 0.855 bits per heavy atom. The summed E-state index contributed by atoms with van der Waals surface area (Å²) in [6.07, 6.45) is 59.2. The highest BCUT2D eigenvalue weighted by atomic mass is 16.6. The molecule has 0 aliphatic carbocycles. The van der Waals surface area contributed by atoms with Crippen molar-refractivity contribution in [3.63, 3.8) is 0 Å². The Kier molecular flexibility index (Phi) is 49.0. The summed E-state index contributed by atoms with van der Waals surface area (Å²) in [6, 6.07) is 0. The molecule has 0 fully saturated rings. The number of unbranched alkanes of at least 4 members (excludes halogenated alkanes) is 41. The van der Waals surface area contributed by atoms with Gasteiger partial charge in [0.25, 0.3) is 0 Å². The van der Waals surface area contributed by atoms with E-state index < -0.39 is 6.10 Å². The molecule has 0 aromatic heterocycles. The van der Waals surface area contributed by atoms with E-state index in [0.29, 0.717) is 19.6 Å². The molecule has 0 spiro atoms. The molecule has 1 atom stereocenters. The molecule has 0 amide bonds. The zero-order chi connectivity index (χ0) is 39.8. The van der Waals surface area contributed by atoms with Crippen LogP contribution in [0.15, 0.2) is 0 Å². The van der Waals surface area contributed by atoms with Gasteiger partial charge in [-0.25, -0.2) is 0 Å². The Labute approximate surface area is 346 Å². The van der Waals surface area contributed by atoms with Crippen LogP contribution in [0.1, 0.15) is 296 Å². The van der Waals surface area contributed by atoms with Crippen molar-refractivity contribution in [3.8, 4) is 0 Å². The molecule has 0 radical (unpaired) electrons. The molecule has 4 nitrogen and oxygen atoms in total. The Bertz CT molecular complexity index is 696. The van der Waals surface area contributed by atoms with Crippen LogP contribution in [-0.4, -0.2) is 37.0 Å². The van der Waals surface area contributed by atoms with Gasteiger partial charge in [0, 0.05) is 13.0 Å². The van der Waals surface area contributed by atoms with E-state index in [9.17, 15) is 9.90 Å². The lowest BCUT2D eigenvalue weighted by atomic mass is 10.0. The first-order chi connectivity index (χ1) is 27.2. The first-order valence-electron chi connectivity index (χ1n) is 25.6. The SMILES string of the molecule is CCCCCCCCCCCCCCCCCCCCCCCCCCCCOCC(CO)OC(=O)CCCCCCCCCCCCCCCCCCC. The van der Waals surface area contributed by atoms with Gasteiger partial charge >= 0.3 is 5.97 Å². The fraction of sp³-hybridized carbons (Fsp3) is 0.980. The van der Waals surface area contributed by atoms with Gasteiger partial charge in [-0.15, -0.1) is 0 Å². The fourth-order valence-corrected chi connectivity index (χ4v) is 8.10. The summed E-state index contributed by atoms with van der Waals surface area (Å²) in [5.74, 6) is -0.191. The van der Waals surface area contributed by atoms with Crippen LogP contribution < -0.4 is 0 Å². The summed E-state index contributed by atoms with van der Waals surface area (Å²) in [5.41, 5.74) is 0. The van der Waals surface area contributed by atoms with Crippen LogP contribution in [0, 0.1) is 0 Å². The van der Waals surface area contributed by atoms with Crippen LogP contribution in [0.25, 0.3) is 0 Å². The van der Waals surface area contributed by atoms with E-state index in [1.54, 1.807) is 0 Å².